The fourth-order valence-electron chi connectivity index (χ4n) is 9.58. The number of ether oxygens (including phenoxy) is 1. The second kappa shape index (κ2) is 29.0. The molecule has 3 heterocycles. The summed E-state index contributed by atoms with van der Waals surface area (Å²) in [5.74, 6) is 0.724. The van der Waals surface area contributed by atoms with Crippen LogP contribution < -0.4 is 60.6 Å². The molecule has 0 aliphatic heterocycles. The van der Waals surface area contributed by atoms with Gasteiger partial charge >= 0.3 is 6.09 Å². The van der Waals surface area contributed by atoms with Crippen LogP contribution in [0.5, 0.6) is 0 Å². The van der Waals surface area contributed by atoms with Crippen molar-refractivity contribution < 1.29 is 25.3 Å². The summed E-state index contributed by atoms with van der Waals surface area (Å²) in [5, 5.41) is 19.1. The highest BCUT2D eigenvalue weighted by Crippen LogP contribution is 2.48. The van der Waals surface area contributed by atoms with Gasteiger partial charge in [-0.2, -0.15) is 9.97 Å². The quantitative estimate of drug-likeness (QED) is 0.0300. The Morgan fingerprint density at radius 1 is 0.558 bits per heavy atom. The summed E-state index contributed by atoms with van der Waals surface area (Å²) >= 11 is 0. The van der Waals surface area contributed by atoms with E-state index >= 15 is 0 Å². The van der Waals surface area contributed by atoms with Gasteiger partial charge in [-0.15, -0.1) is 0 Å². The van der Waals surface area contributed by atoms with Crippen LogP contribution in [0.4, 0.5) is 51.2 Å². The summed E-state index contributed by atoms with van der Waals surface area (Å²) < 4.78 is 5.42. The summed E-state index contributed by atoms with van der Waals surface area (Å²) in [6.07, 6.45) is 12.9. The molecule has 10 rings (SSSR count). The number of carbonyl (C=O) groups is 4. The molecule has 456 valence electrons. The number of aromatic nitrogens is 6. The van der Waals surface area contributed by atoms with Crippen molar-refractivity contribution in [3.8, 4) is 0 Å². The predicted octanol–water partition coefficient (Wildman–Crippen LogP) is 10.3. The van der Waals surface area contributed by atoms with Gasteiger partial charge in [0.2, 0.25) is 11.9 Å². The van der Waals surface area contributed by atoms with Gasteiger partial charge in [0.1, 0.15) is 46.6 Å². The minimum atomic E-state index is -0.625. The normalized spacial score (nSPS) is 15.2. The van der Waals surface area contributed by atoms with E-state index in [2.05, 4.69) is 82.6 Å². The van der Waals surface area contributed by atoms with Crippen LogP contribution in [-0.2, 0) is 11.3 Å². The van der Waals surface area contributed by atoms with Gasteiger partial charge in [-0.3, -0.25) is 14.4 Å². The number of hydrogen-bond donors (Lipinski definition) is 11. The molecular weight excluding hydrogens is 1090 g/mol. The lowest BCUT2D eigenvalue weighted by Gasteiger charge is -2.28. The molecule has 3 saturated carbocycles. The lowest BCUT2D eigenvalue weighted by Crippen LogP contribution is -2.49. The van der Waals surface area contributed by atoms with Crippen LogP contribution >= 0.6 is 0 Å². The number of primary amides is 3. The maximum absolute atomic E-state index is 12.5. The Labute approximate surface area is 505 Å². The first-order valence-corrected chi connectivity index (χ1v) is 29.1. The molecule has 22 heteroatoms. The molecule has 4 amide bonds. The summed E-state index contributed by atoms with van der Waals surface area (Å²) in [6.45, 7) is 16.5. The fraction of sp³-hybridized carbons (Fsp3) is 0.375. The third-order valence-corrected chi connectivity index (χ3v) is 15.5. The van der Waals surface area contributed by atoms with Crippen molar-refractivity contribution in [2.75, 3.05) is 26.6 Å². The third kappa shape index (κ3) is 18.4. The number of benzene rings is 4. The van der Waals surface area contributed by atoms with Crippen LogP contribution in [0.15, 0.2) is 122 Å². The number of carbonyl (C=O) groups excluding carboxylic acids is 4. The number of anilines is 8. The van der Waals surface area contributed by atoms with E-state index in [0.29, 0.717) is 46.6 Å². The number of nitrogens with zero attached hydrogens (tertiary/aromatic N) is 6. The van der Waals surface area contributed by atoms with Gasteiger partial charge < -0.3 is 65.3 Å². The third-order valence-electron chi connectivity index (χ3n) is 15.5. The average Bonchev–Trinajstić information content (AvgIpc) is 1.99. The molecule has 22 nitrogen and oxygen atoms in total. The van der Waals surface area contributed by atoms with Crippen molar-refractivity contribution in [2.45, 2.75) is 149 Å². The first-order valence-electron chi connectivity index (χ1n) is 29.1. The minimum Gasteiger partial charge on any atom is -0.445 e. The van der Waals surface area contributed by atoms with E-state index in [9.17, 15) is 19.2 Å². The lowest BCUT2D eigenvalue weighted by atomic mass is 9.98. The first-order chi connectivity index (χ1) is 41.0. The second-order valence-corrected chi connectivity index (χ2v) is 22.6. The number of hydrogen-bond acceptors (Lipinski definition) is 18. The number of nitrogens with one attached hydrogen (secondary N) is 6. The standard InChI is InChI=1S/C26H30N6O3.C18H24N6O.C13H14N4O.C7H15N.H2/c1-3-21(26(12-13-26)32-25(34)35-16-18-9-5-4-6-10-18)30-24-28-15-20(22(27)33)23(31-24)29-19-11-7-8-17(2)14-19;1-3-14(18(20)7-8-18)23-17-21-10-13(15(19)25)16(24-17)22-12-6-4-5-11(2)9-12;1-8-4-3-5-10(6-8)17-13-11(12(14)18)7-15-9(2)16-13;1-3-6(8)7(2)4-5-7;/h4-11,14-15,21H,3,12-13,16H2,1-2H3,(H2,27,33)(H,32,34)(H2,28,29,30,31);4-6,9-10,14H,3,7-8,20H2,1-2H3,(H2,19,25)(H2,21,22,23,24);3-7H,1-2H3,(H2,14,18)(H,15,16,17);6H,3-5,8H2,1-2H3;1H/t21-;14-;;6-;/m00.0./s1. The molecule has 3 aliphatic carbocycles. The highest BCUT2D eigenvalue weighted by atomic mass is 16.5. The SMILES string of the molecule is CC[C@H](N)C1(C)CC1.CC[C@H](Nc1ncc(C(N)=O)c(Nc2cccc(C)c2)n1)C1(N)CC1.CC[C@H](Nc1ncc(C(N)=O)c(Nc2cccc(C)c2)n1)C1(NC(=O)OCc2ccccc2)CC1.Cc1cccc(Nc2nc(C)ncc2C(N)=O)c1.[HH]. The minimum absolute atomic E-state index is 0. The molecule has 0 radical (unpaired) electrons. The van der Waals surface area contributed by atoms with E-state index in [0.717, 1.165) is 84.3 Å². The summed E-state index contributed by atoms with van der Waals surface area (Å²) in [4.78, 5) is 73.1. The number of amides is 4. The summed E-state index contributed by atoms with van der Waals surface area (Å²) in [6, 6.07) is 33.3. The van der Waals surface area contributed by atoms with Crippen LogP contribution in [-0.4, -0.2) is 82.9 Å². The zero-order valence-corrected chi connectivity index (χ0v) is 50.5. The Balaban J connectivity index is 0.000000203. The van der Waals surface area contributed by atoms with Gasteiger partial charge in [0, 0.05) is 54.7 Å². The Hall–Kier alpha value is -9.28. The van der Waals surface area contributed by atoms with Crippen LogP contribution in [0.3, 0.4) is 0 Å². The smallest absolute Gasteiger partial charge is 0.407 e. The van der Waals surface area contributed by atoms with E-state index in [1.807, 2.05) is 131 Å². The van der Waals surface area contributed by atoms with Gasteiger partial charge in [-0.1, -0.05) is 94.4 Å². The molecule has 16 N–H and O–H groups in total. The van der Waals surface area contributed by atoms with Crippen LogP contribution in [0.1, 0.15) is 146 Å². The number of alkyl carbamates (subject to hydrolysis) is 1. The molecule has 3 fully saturated rings. The highest BCUT2D eigenvalue weighted by Gasteiger charge is 2.51. The Morgan fingerprint density at radius 3 is 1.36 bits per heavy atom. The van der Waals surface area contributed by atoms with Gasteiger partial charge in [-0.05, 0) is 150 Å². The highest BCUT2D eigenvalue weighted by molar-refractivity contribution is 5.99. The van der Waals surface area contributed by atoms with Gasteiger partial charge in [0.05, 0.1) is 11.6 Å². The zero-order chi connectivity index (χ0) is 62.2. The monoisotopic (exact) mass is 1170 g/mol. The largest absolute Gasteiger partial charge is 0.445 e. The molecule has 86 heavy (non-hydrogen) atoms. The molecule has 3 aliphatic rings. The van der Waals surface area contributed by atoms with E-state index in [1.54, 1.807) is 6.92 Å². The number of rotatable bonds is 22. The Morgan fingerprint density at radius 2 is 0.988 bits per heavy atom. The van der Waals surface area contributed by atoms with E-state index in [1.165, 1.54) is 31.4 Å². The molecule has 3 atom stereocenters. The van der Waals surface area contributed by atoms with Crippen LogP contribution in [0.25, 0.3) is 0 Å². The average molecular weight is 1170 g/mol. The molecule has 4 aromatic carbocycles. The van der Waals surface area contributed by atoms with Crippen LogP contribution in [0.2, 0.25) is 0 Å². The van der Waals surface area contributed by atoms with Gasteiger partial charge in [0.15, 0.2) is 0 Å². The lowest BCUT2D eigenvalue weighted by molar-refractivity contribution is 0.0992. The van der Waals surface area contributed by atoms with Crippen molar-refractivity contribution in [3.05, 3.63) is 166 Å². The maximum atomic E-state index is 12.5. The Bertz CT molecular complexity index is 3470. The van der Waals surface area contributed by atoms with Crippen LogP contribution in [0, 0.1) is 33.1 Å². The van der Waals surface area contributed by atoms with Crippen molar-refractivity contribution >= 4 is 70.2 Å². The summed E-state index contributed by atoms with van der Waals surface area (Å²) in [7, 11) is 0. The first kappa shape index (κ1) is 64.3. The molecule has 3 aromatic heterocycles. The van der Waals surface area contributed by atoms with Crippen molar-refractivity contribution in [1.82, 2.24) is 35.2 Å². The van der Waals surface area contributed by atoms with Gasteiger partial charge in [-0.25, -0.2) is 24.7 Å². The van der Waals surface area contributed by atoms with E-state index in [4.69, 9.17) is 33.4 Å². The zero-order valence-electron chi connectivity index (χ0n) is 50.5. The number of nitrogens with two attached hydrogens (primary N) is 5. The second-order valence-electron chi connectivity index (χ2n) is 22.6. The number of aryl methyl sites for hydroxylation is 4. The van der Waals surface area contributed by atoms with Gasteiger partial charge in [0.25, 0.3) is 17.7 Å². The molecule has 0 unspecified atom stereocenters. The van der Waals surface area contributed by atoms with E-state index in [-0.39, 0.29) is 42.3 Å². The van der Waals surface area contributed by atoms with Crippen molar-refractivity contribution in [2.24, 2.45) is 34.1 Å². The maximum Gasteiger partial charge on any atom is 0.407 e. The summed E-state index contributed by atoms with van der Waals surface area (Å²) in [5.41, 5.74) is 35.7. The Kier molecular flexibility index (Phi) is 21.7. The van der Waals surface area contributed by atoms with Crippen molar-refractivity contribution in [1.29, 1.82) is 0 Å². The fourth-order valence-corrected chi connectivity index (χ4v) is 9.58. The molecule has 0 bridgehead atoms. The predicted molar refractivity (Wildman–Crippen MR) is 341 cm³/mol. The van der Waals surface area contributed by atoms with E-state index < -0.39 is 29.4 Å². The molecule has 7 aromatic rings. The molecule has 0 spiro atoms. The topological polar surface area (TPSA) is 357 Å². The molecule has 0 saturated heterocycles. The molecular formula is C64H85N17O5. The van der Waals surface area contributed by atoms with Crippen molar-refractivity contribution in [3.63, 3.8) is 0 Å².